The van der Waals surface area contributed by atoms with E-state index in [1.807, 2.05) is 38.1 Å². The maximum Gasteiger partial charge on any atom is 0.312 e. The number of ether oxygens (including phenoxy) is 2. The van der Waals surface area contributed by atoms with E-state index >= 15 is 0 Å². The highest BCUT2D eigenvalue weighted by Gasteiger charge is 2.48. The fraction of sp³-hybridized carbons (Fsp3) is 0.533. The number of benzene rings is 1. The number of rotatable bonds is 3. The van der Waals surface area contributed by atoms with Gasteiger partial charge in [-0.15, -0.1) is 0 Å². The first kappa shape index (κ1) is 14.0. The van der Waals surface area contributed by atoms with Gasteiger partial charge in [0.1, 0.15) is 5.60 Å². The third kappa shape index (κ3) is 2.38. The molecule has 19 heavy (non-hydrogen) atoms. The minimum atomic E-state index is -1.32. The van der Waals surface area contributed by atoms with E-state index in [-0.39, 0.29) is 12.5 Å². The van der Waals surface area contributed by atoms with Crippen LogP contribution in [0.25, 0.3) is 0 Å². The number of fused-ring (bicyclic) bond motifs is 1. The highest BCUT2D eigenvalue weighted by molar-refractivity contribution is 5.74. The second-order valence-electron chi connectivity index (χ2n) is 5.32. The fourth-order valence-corrected chi connectivity index (χ4v) is 2.87. The number of methoxy groups -OCH3 is 1. The molecule has 0 aromatic heterocycles. The predicted molar refractivity (Wildman–Crippen MR) is 70.3 cm³/mol. The van der Waals surface area contributed by atoms with Crippen molar-refractivity contribution in [3.8, 4) is 0 Å². The standard InChI is InChI=1S/C15H20O4/c1-10(2)13(14(16)18-3)15(17)9-19-8-11-6-4-5-7-12(11)15/h4-7,10,13,17H,8-9H2,1-3H3. The van der Waals surface area contributed by atoms with Crippen molar-refractivity contribution in [3.63, 3.8) is 0 Å². The molecule has 0 aliphatic carbocycles. The van der Waals surface area contributed by atoms with Crippen molar-refractivity contribution in [2.24, 2.45) is 11.8 Å². The molecule has 2 unspecified atom stereocenters. The molecule has 0 radical (unpaired) electrons. The Kier molecular flexibility index (Phi) is 3.92. The van der Waals surface area contributed by atoms with E-state index in [0.29, 0.717) is 6.61 Å². The molecule has 1 heterocycles. The van der Waals surface area contributed by atoms with Crippen LogP contribution in [0.5, 0.6) is 0 Å². The summed E-state index contributed by atoms with van der Waals surface area (Å²) < 4.78 is 10.3. The quantitative estimate of drug-likeness (QED) is 0.846. The van der Waals surface area contributed by atoms with Crippen molar-refractivity contribution in [1.29, 1.82) is 0 Å². The predicted octanol–water partition coefficient (Wildman–Crippen LogP) is 1.85. The molecule has 1 aliphatic heterocycles. The SMILES string of the molecule is COC(=O)C(C(C)C)C1(O)COCc2ccccc21. The summed E-state index contributed by atoms with van der Waals surface area (Å²) in [5.41, 5.74) is 0.368. The molecule has 0 amide bonds. The molecule has 1 N–H and O–H groups in total. The molecule has 0 spiro atoms. The van der Waals surface area contributed by atoms with Gasteiger partial charge in [0, 0.05) is 0 Å². The summed E-state index contributed by atoms with van der Waals surface area (Å²) in [6.45, 7) is 4.37. The van der Waals surface area contributed by atoms with Crippen LogP contribution >= 0.6 is 0 Å². The fourth-order valence-electron chi connectivity index (χ4n) is 2.87. The normalized spacial score (nSPS) is 23.8. The molecule has 1 aromatic carbocycles. The van der Waals surface area contributed by atoms with Gasteiger partial charge in [0.15, 0.2) is 0 Å². The first-order chi connectivity index (χ1) is 9.00. The zero-order valence-electron chi connectivity index (χ0n) is 11.6. The number of carbonyl (C=O) groups excluding carboxylic acids is 1. The van der Waals surface area contributed by atoms with Crippen LogP contribution in [0.2, 0.25) is 0 Å². The van der Waals surface area contributed by atoms with Crippen LogP contribution in [0.4, 0.5) is 0 Å². The highest BCUT2D eigenvalue weighted by atomic mass is 16.5. The Balaban J connectivity index is 2.50. The average molecular weight is 264 g/mol. The van der Waals surface area contributed by atoms with Gasteiger partial charge >= 0.3 is 5.97 Å². The number of aliphatic hydroxyl groups is 1. The Morgan fingerprint density at radius 3 is 2.74 bits per heavy atom. The minimum absolute atomic E-state index is 0.0489. The summed E-state index contributed by atoms with van der Waals surface area (Å²) >= 11 is 0. The van der Waals surface area contributed by atoms with Crippen molar-refractivity contribution in [1.82, 2.24) is 0 Å². The summed E-state index contributed by atoms with van der Waals surface area (Å²) in [5, 5.41) is 11.0. The van der Waals surface area contributed by atoms with E-state index in [9.17, 15) is 9.90 Å². The van der Waals surface area contributed by atoms with Gasteiger partial charge < -0.3 is 14.6 Å². The van der Waals surface area contributed by atoms with Crippen molar-refractivity contribution < 1.29 is 19.4 Å². The van der Waals surface area contributed by atoms with Gasteiger partial charge in [-0.1, -0.05) is 38.1 Å². The molecule has 0 fully saturated rings. The molecular weight excluding hydrogens is 244 g/mol. The molecule has 104 valence electrons. The molecule has 4 heteroatoms. The molecule has 2 atom stereocenters. The van der Waals surface area contributed by atoms with Crippen LogP contribution in [0.15, 0.2) is 24.3 Å². The maximum atomic E-state index is 12.0. The number of hydrogen-bond acceptors (Lipinski definition) is 4. The summed E-state index contributed by atoms with van der Waals surface area (Å²) in [4.78, 5) is 12.0. The van der Waals surface area contributed by atoms with Gasteiger partial charge in [-0.05, 0) is 17.0 Å². The van der Waals surface area contributed by atoms with E-state index in [1.165, 1.54) is 7.11 Å². The molecule has 2 rings (SSSR count). The van der Waals surface area contributed by atoms with Gasteiger partial charge in [0.05, 0.1) is 26.2 Å². The summed E-state index contributed by atoms with van der Waals surface area (Å²) in [7, 11) is 1.34. The maximum absolute atomic E-state index is 12.0. The zero-order chi connectivity index (χ0) is 14.0. The number of esters is 1. The van der Waals surface area contributed by atoms with Crippen molar-refractivity contribution in [2.45, 2.75) is 26.1 Å². The molecule has 0 saturated heterocycles. The third-order valence-electron chi connectivity index (χ3n) is 3.70. The Morgan fingerprint density at radius 1 is 1.42 bits per heavy atom. The largest absolute Gasteiger partial charge is 0.469 e. The minimum Gasteiger partial charge on any atom is -0.469 e. The molecule has 0 bridgehead atoms. The Labute approximate surface area is 113 Å². The average Bonchev–Trinajstić information content (AvgIpc) is 2.38. The second kappa shape index (κ2) is 5.31. The Hall–Kier alpha value is -1.39. The monoisotopic (exact) mass is 264 g/mol. The molecule has 1 aromatic rings. The molecule has 4 nitrogen and oxygen atoms in total. The van der Waals surface area contributed by atoms with E-state index in [2.05, 4.69) is 0 Å². The van der Waals surface area contributed by atoms with Gasteiger partial charge in [0.25, 0.3) is 0 Å². The lowest BCUT2D eigenvalue weighted by atomic mass is 9.73. The zero-order valence-corrected chi connectivity index (χ0v) is 11.6. The van der Waals surface area contributed by atoms with Gasteiger partial charge in [-0.25, -0.2) is 0 Å². The lowest BCUT2D eigenvalue weighted by Crippen LogP contribution is -2.49. The molecular formula is C15H20O4. The van der Waals surface area contributed by atoms with E-state index in [4.69, 9.17) is 9.47 Å². The van der Waals surface area contributed by atoms with Crippen molar-refractivity contribution in [2.75, 3.05) is 13.7 Å². The third-order valence-corrected chi connectivity index (χ3v) is 3.70. The van der Waals surface area contributed by atoms with Crippen molar-refractivity contribution in [3.05, 3.63) is 35.4 Å². The second-order valence-corrected chi connectivity index (χ2v) is 5.32. The van der Waals surface area contributed by atoms with Crippen molar-refractivity contribution >= 4 is 5.97 Å². The topological polar surface area (TPSA) is 55.8 Å². The molecule has 0 saturated carbocycles. The van der Waals surface area contributed by atoms with Crippen LogP contribution < -0.4 is 0 Å². The highest BCUT2D eigenvalue weighted by Crippen LogP contribution is 2.40. The number of hydrogen-bond donors (Lipinski definition) is 1. The lowest BCUT2D eigenvalue weighted by molar-refractivity contribution is -0.171. The summed E-state index contributed by atoms with van der Waals surface area (Å²) in [6.07, 6.45) is 0. The van der Waals surface area contributed by atoms with Gasteiger partial charge in [-0.2, -0.15) is 0 Å². The number of carbonyl (C=O) groups is 1. The van der Waals surface area contributed by atoms with Crippen LogP contribution in [-0.4, -0.2) is 24.8 Å². The van der Waals surface area contributed by atoms with Crippen LogP contribution in [0.1, 0.15) is 25.0 Å². The van der Waals surface area contributed by atoms with Gasteiger partial charge in [0.2, 0.25) is 0 Å². The van der Waals surface area contributed by atoms with Gasteiger partial charge in [-0.3, -0.25) is 4.79 Å². The van der Waals surface area contributed by atoms with E-state index in [0.717, 1.165) is 11.1 Å². The Morgan fingerprint density at radius 2 is 2.11 bits per heavy atom. The van der Waals surface area contributed by atoms with Crippen LogP contribution in [0, 0.1) is 11.8 Å². The van der Waals surface area contributed by atoms with E-state index < -0.39 is 17.5 Å². The lowest BCUT2D eigenvalue weighted by Gasteiger charge is -2.40. The van der Waals surface area contributed by atoms with Crippen LogP contribution in [-0.2, 0) is 26.5 Å². The molecule has 1 aliphatic rings. The van der Waals surface area contributed by atoms with Crippen LogP contribution in [0.3, 0.4) is 0 Å². The summed E-state index contributed by atoms with van der Waals surface area (Å²) in [5.74, 6) is -1.09. The smallest absolute Gasteiger partial charge is 0.312 e. The first-order valence-corrected chi connectivity index (χ1v) is 6.47. The van der Waals surface area contributed by atoms with E-state index in [1.54, 1.807) is 0 Å². The first-order valence-electron chi connectivity index (χ1n) is 6.47. The Bertz CT molecular complexity index is 469. The summed E-state index contributed by atoms with van der Waals surface area (Å²) in [6, 6.07) is 7.53.